The number of halogens is 2. The van der Waals surface area contributed by atoms with Gasteiger partial charge in [0, 0.05) is 11.0 Å². The van der Waals surface area contributed by atoms with Crippen LogP contribution < -0.4 is 5.32 Å². The predicted molar refractivity (Wildman–Crippen MR) is 80.9 cm³/mol. The summed E-state index contributed by atoms with van der Waals surface area (Å²) >= 11 is 3.29. The molecule has 0 aromatic heterocycles. The van der Waals surface area contributed by atoms with E-state index in [1.807, 2.05) is 13.8 Å². The predicted octanol–water partition coefficient (Wildman–Crippen LogP) is 2.46. The summed E-state index contributed by atoms with van der Waals surface area (Å²) in [7, 11) is 0. The van der Waals surface area contributed by atoms with Gasteiger partial charge in [-0.15, -0.1) is 0 Å². The normalized spacial score (nSPS) is 19.1. The first-order chi connectivity index (χ1) is 9.86. The highest BCUT2D eigenvalue weighted by atomic mass is 79.9. The van der Waals surface area contributed by atoms with Crippen molar-refractivity contribution in [1.29, 1.82) is 0 Å². The third-order valence-electron chi connectivity index (χ3n) is 3.36. The second-order valence-electron chi connectivity index (χ2n) is 5.68. The van der Waals surface area contributed by atoms with Crippen molar-refractivity contribution in [2.24, 2.45) is 5.92 Å². The fourth-order valence-corrected chi connectivity index (χ4v) is 2.87. The zero-order valence-electron chi connectivity index (χ0n) is 12.0. The zero-order chi connectivity index (χ0) is 15.6. The van der Waals surface area contributed by atoms with Crippen LogP contribution in [0, 0.1) is 11.7 Å². The monoisotopic (exact) mass is 356 g/mol. The molecule has 0 radical (unpaired) electrons. The largest absolute Gasteiger partial charge is 0.343 e. The van der Waals surface area contributed by atoms with Crippen LogP contribution in [0.25, 0.3) is 0 Å². The van der Waals surface area contributed by atoms with Gasteiger partial charge in [0.1, 0.15) is 11.9 Å². The zero-order valence-corrected chi connectivity index (χ0v) is 13.6. The Morgan fingerprint density at radius 1 is 1.43 bits per heavy atom. The number of rotatable bonds is 4. The minimum absolute atomic E-state index is 0.0389. The highest BCUT2D eigenvalue weighted by molar-refractivity contribution is 9.10. The molecular formula is C15H18BrFN2O2. The van der Waals surface area contributed by atoms with Crippen molar-refractivity contribution in [2.75, 3.05) is 6.54 Å². The van der Waals surface area contributed by atoms with Gasteiger partial charge in [-0.25, -0.2) is 4.39 Å². The van der Waals surface area contributed by atoms with Crippen LogP contribution in [0.4, 0.5) is 4.39 Å². The van der Waals surface area contributed by atoms with Crippen molar-refractivity contribution in [3.05, 3.63) is 34.1 Å². The average molecular weight is 357 g/mol. The number of amides is 2. The number of benzene rings is 1. The Labute approximate surface area is 131 Å². The van der Waals surface area contributed by atoms with E-state index in [9.17, 15) is 14.0 Å². The SMILES string of the molecule is CC(C)CC1NC(=O)CN(Cc2ccc(F)cc2Br)C1=O. The van der Waals surface area contributed by atoms with E-state index in [1.165, 1.54) is 17.0 Å². The minimum Gasteiger partial charge on any atom is -0.343 e. The molecule has 1 aromatic rings. The van der Waals surface area contributed by atoms with Crippen LogP contribution in [0.2, 0.25) is 0 Å². The molecule has 1 aliphatic rings. The van der Waals surface area contributed by atoms with E-state index in [2.05, 4.69) is 21.2 Å². The molecule has 2 amide bonds. The smallest absolute Gasteiger partial charge is 0.245 e. The van der Waals surface area contributed by atoms with Crippen LogP contribution in [0.3, 0.4) is 0 Å². The van der Waals surface area contributed by atoms with Gasteiger partial charge in [0.2, 0.25) is 11.8 Å². The molecule has 1 aromatic carbocycles. The summed E-state index contributed by atoms with van der Waals surface area (Å²) in [5.41, 5.74) is 0.780. The summed E-state index contributed by atoms with van der Waals surface area (Å²) in [6, 6.07) is 3.86. The summed E-state index contributed by atoms with van der Waals surface area (Å²) in [6.45, 7) is 4.35. The summed E-state index contributed by atoms with van der Waals surface area (Å²) in [5, 5.41) is 2.74. The van der Waals surface area contributed by atoms with Crippen LogP contribution in [0.15, 0.2) is 22.7 Å². The van der Waals surface area contributed by atoms with Gasteiger partial charge in [-0.3, -0.25) is 9.59 Å². The van der Waals surface area contributed by atoms with Crippen molar-refractivity contribution in [3.8, 4) is 0 Å². The molecule has 0 saturated carbocycles. The lowest BCUT2D eigenvalue weighted by atomic mass is 10.0. The molecule has 1 heterocycles. The van der Waals surface area contributed by atoms with Gasteiger partial charge in [-0.05, 0) is 30.0 Å². The van der Waals surface area contributed by atoms with Crippen molar-refractivity contribution in [2.45, 2.75) is 32.9 Å². The van der Waals surface area contributed by atoms with E-state index in [0.717, 1.165) is 5.56 Å². The molecule has 2 rings (SSSR count). The summed E-state index contributed by atoms with van der Waals surface area (Å²) in [6.07, 6.45) is 0.617. The number of nitrogens with one attached hydrogen (secondary N) is 1. The van der Waals surface area contributed by atoms with Crippen LogP contribution in [0.5, 0.6) is 0 Å². The molecule has 0 spiro atoms. The second-order valence-corrected chi connectivity index (χ2v) is 6.53. The van der Waals surface area contributed by atoms with Gasteiger partial charge >= 0.3 is 0 Å². The standard InChI is InChI=1S/C15H18BrFN2O2/c1-9(2)5-13-15(21)19(8-14(20)18-13)7-10-3-4-11(17)6-12(10)16/h3-4,6,9,13H,5,7-8H2,1-2H3,(H,18,20). The Bertz CT molecular complexity index is 563. The molecule has 114 valence electrons. The molecule has 0 aliphatic carbocycles. The molecule has 0 bridgehead atoms. The van der Waals surface area contributed by atoms with Crippen LogP contribution in [-0.4, -0.2) is 29.3 Å². The fourth-order valence-electron chi connectivity index (χ4n) is 2.39. The topological polar surface area (TPSA) is 49.4 Å². The van der Waals surface area contributed by atoms with Gasteiger partial charge in [-0.2, -0.15) is 0 Å². The van der Waals surface area contributed by atoms with Crippen molar-refractivity contribution >= 4 is 27.7 Å². The maximum absolute atomic E-state index is 13.1. The van der Waals surface area contributed by atoms with Crippen LogP contribution in [0.1, 0.15) is 25.8 Å². The van der Waals surface area contributed by atoms with E-state index in [0.29, 0.717) is 23.4 Å². The molecule has 1 N–H and O–H groups in total. The quantitative estimate of drug-likeness (QED) is 0.900. The Kier molecular flexibility index (Phi) is 4.98. The molecule has 4 nitrogen and oxygen atoms in total. The van der Waals surface area contributed by atoms with E-state index < -0.39 is 6.04 Å². The Morgan fingerprint density at radius 2 is 2.14 bits per heavy atom. The number of carbonyl (C=O) groups excluding carboxylic acids is 2. The van der Waals surface area contributed by atoms with Crippen molar-refractivity contribution in [1.82, 2.24) is 10.2 Å². The van der Waals surface area contributed by atoms with Gasteiger partial charge in [0.15, 0.2) is 0 Å². The van der Waals surface area contributed by atoms with E-state index >= 15 is 0 Å². The summed E-state index contributed by atoms with van der Waals surface area (Å²) in [4.78, 5) is 25.7. The van der Waals surface area contributed by atoms with Crippen molar-refractivity contribution in [3.63, 3.8) is 0 Å². The average Bonchev–Trinajstić information content (AvgIpc) is 2.37. The lowest BCUT2D eigenvalue weighted by Gasteiger charge is -2.33. The first kappa shape index (κ1) is 15.9. The van der Waals surface area contributed by atoms with Gasteiger partial charge < -0.3 is 10.2 Å². The first-order valence-electron chi connectivity index (χ1n) is 6.89. The van der Waals surface area contributed by atoms with Crippen LogP contribution >= 0.6 is 15.9 Å². The number of hydrogen-bond acceptors (Lipinski definition) is 2. The van der Waals surface area contributed by atoms with E-state index in [-0.39, 0.29) is 24.2 Å². The second kappa shape index (κ2) is 6.56. The van der Waals surface area contributed by atoms with E-state index in [4.69, 9.17) is 0 Å². The Balaban J connectivity index is 2.14. The number of nitrogens with zero attached hydrogens (tertiary/aromatic N) is 1. The van der Waals surface area contributed by atoms with E-state index in [1.54, 1.807) is 6.07 Å². The number of hydrogen-bond donors (Lipinski definition) is 1. The molecule has 1 atom stereocenters. The third kappa shape index (κ3) is 4.03. The molecule has 1 unspecified atom stereocenters. The summed E-state index contributed by atoms with van der Waals surface area (Å²) < 4.78 is 13.7. The first-order valence-corrected chi connectivity index (χ1v) is 7.68. The maximum atomic E-state index is 13.1. The Morgan fingerprint density at radius 3 is 2.76 bits per heavy atom. The molecule has 1 aliphatic heterocycles. The van der Waals surface area contributed by atoms with Gasteiger partial charge in [-0.1, -0.05) is 35.8 Å². The highest BCUT2D eigenvalue weighted by Gasteiger charge is 2.33. The number of piperazine rings is 1. The molecule has 6 heteroatoms. The molecule has 1 fully saturated rings. The van der Waals surface area contributed by atoms with Crippen molar-refractivity contribution < 1.29 is 14.0 Å². The van der Waals surface area contributed by atoms with Gasteiger partial charge in [0.25, 0.3) is 0 Å². The number of carbonyl (C=O) groups is 2. The molecule has 21 heavy (non-hydrogen) atoms. The highest BCUT2D eigenvalue weighted by Crippen LogP contribution is 2.21. The Hall–Kier alpha value is -1.43. The fraction of sp³-hybridized carbons (Fsp3) is 0.467. The maximum Gasteiger partial charge on any atom is 0.245 e. The minimum atomic E-state index is -0.467. The summed E-state index contributed by atoms with van der Waals surface area (Å²) in [5.74, 6) is -0.263. The molecule has 1 saturated heterocycles. The van der Waals surface area contributed by atoms with Crippen LogP contribution in [-0.2, 0) is 16.1 Å². The van der Waals surface area contributed by atoms with Gasteiger partial charge in [0.05, 0.1) is 6.54 Å². The lowest BCUT2D eigenvalue weighted by molar-refractivity contribution is -0.145. The third-order valence-corrected chi connectivity index (χ3v) is 4.10. The lowest BCUT2D eigenvalue weighted by Crippen LogP contribution is -2.57. The molecular weight excluding hydrogens is 339 g/mol.